The molecule has 3 rings (SSSR count). The Morgan fingerprint density at radius 1 is 1.06 bits per heavy atom. The van der Waals surface area contributed by atoms with Gasteiger partial charge in [-0.25, -0.2) is 4.79 Å². The molecule has 0 saturated heterocycles. The number of carbonyl (C=O) groups is 1. The molecule has 0 heterocycles. The maximum absolute atomic E-state index is 12.8. The Hall–Kier alpha value is -3.40. The summed E-state index contributed by atoms with van der Waals surface area (Å²) in [5.74, 6) is -0.383. The first kappa shape index (κ1) is 23.3. The van der Waals surface area contributed by atoms with E-state index in [0.717, 1.165) is 0 Å². The summed E-state index contributed by atoms with van der Waals surface area (Å²) < 4.78 is 69.9. The summed E-state index contributed by atoms with van der Waals surface area (Å²) in [6.45, 7) is -2.94. The number of halogens is 2. The molecule has 0 radical (unpaired) electrons. The lowest BCUT2D eigenvalue weighted by Crippen LogP contribution is -2.15. The summed E-state index contributed by atoms with van der Waals surface area (Å²) in [6, 6.07) is 8.82. The third kappa shape index (κ3) is 5.64. The standard InChI is InChI=1S/C22H20F2O7S/c1-28-20-11-14(4-10-21(25)29-2)3-9-19(20)31-32(26,27)18-8-6-15-12-17(30-22(23)24)7-5-16(15)13-18/h3-5,7,9-13,22H,6,8H2,1-2H3/b10-4+. The van der Waals surface area contributed by atoms with Gasteiger partial charge in [-0.05, 0) is 65.9 Å². The number of aryl methyl sites for hydroxylation is 1. The van der Waals surface area contributed by atoms with E-state index in [9.17, 15) is 22.0 Å². The third-order valence-corrected chi connectivity index (χ3v) is 5.98. The lowest BCUT2D eigenvalue weighted by molar-refractivity contribution is -0.134. The number of fused-ring (bicyclic) bond motifs is 1. The number of esters is 1. The first-order valence-corrected chi connectivity index (χ1v) is 10.8. The number of methoxy groups -OCH3 is 2. The normalized spacial score (nSPS) is 13.5. The van der Waals surface area contributed by atoms with Crippen LogP contribution in [0.25, 0.3) is 12.2 Å². The van der Waals surface area contributed by atoms with E-state index >= 15 is 0 Å². The molecular weight excluding hydrogens is 446 g/mol. The minimum Gasteiger partial charge on any atom is -0.493 e. The second kappa shape index (κ2) is 9.82. The molecular formula is C22H20F2O7S. The summed E-state index contributed by atoms with van der Waals surface area (Å²) in [5.41, 5.74) is 1.85. The molecule has 32 heavy (non-hydrogen) atoms. The monoisotopic (exact) mass is 466 g/mol. The molecule has 0 bridgehead atoms. The zero-order valence-electron chi connectivity index (χ0n) is 17.2. The number of carbonyl (C=O) groups excluding carboxylic acids is 1. The van der Waals surface area contributed by atoms with Crippen LogP contribution in [0.15, 0.2) is 47.4 Å². The smallest absolute Gasteiger partial charge is 0.387 e. The van der Waals surface area contributed by atoms with E-state index in [1.54, 1.807) is 6.07 Å². The predicted molar refractivity (Wildman–Crippen MR) is 113 cm³/mol. The van der Waals surface area contributed by atoms with Crippen molar-refractivity contribution in [2.24, 2.45) is 0 Å². The van der Waals surface area contributed by atoms with Crippen LogP contribution in [-0.4, -0.2) is 35.2 Å². The Morgan fingerprint density at radius 3 is 2.53 bits per heavy atom. The van der Waals surface area contributed by atoms with Gasteiger partial charge in [0.15, 0.2) is 11.5 Å². The molecule has 2 aromatic rings. The fourth-order valence-electron chi connectivity index (χ4n) is 3.08. The second-order valence-corrected chi connectivity index (χ2v) is 8.25. The first-order valence-electron chi connectivity index (χ1n) is 9.38. The lowest BCUT2D eigenvalue weighted by atomic mass is 9.97. The lowest BCUT2D eigenvalue weighted by Gasteiger charge is -2.18. The van der Waals surface area contributed by atoms with Crippen LogP contribution >= 0.6 is 0 Å². The highest BCUT2D eigenvalue weighted by Gasteiger charge is 2.25. The maximum Gasteiger partial charge on any atom is 0.387 e. The van der Waals surface area contributed by atoms with E-state index in [1.165, 1.54) is 62.8 Å². The molecule has 0 atom stereocenters. The molecule has 0 unspecified atom stereocenters. The van der Waals surface area contributed by atoms with Crippen LogP contribution < -0.4 is 13.7 Å². The maximum atomic E-state index is 12.8. The third-order valence-electron chi connectivity index (χ3n) is 4.62. The van der Waals surface area contributed by atoms with E-state index < -0.39 is 22.7 Å². The first-order chi connectivity index (χ1) is 15.2. The summed E-state index contributed by atoms with van der Waals surface area (Å²) in [4.78, 5) is 11.3. The Kier molecular flexibility index (Phi) is 7.14. The molecule has 1 aliphatic carbocycles. The molecule has 0 fully saturated rings. The summed E-state index contributed by atoms with van der Waals surface area (Å²) in [7, 11) is -1.53. The van der Waals surface area contributed by atoms with Gasteiger partial charge in [0.2, 0.25) is 0 Å². The average Bonchev–Trinajstić information content (AvgIpc) is 2.77. The van der Waals surface area contributed by atoms with Gasteiger partial charge in [-0.2, -0.15) is 17.2 Å². The zero-order valence-corrected chi connectivity index (χ0v) is 18.0. The van der Waals surface area contributed by atoms with Gasteiger partial charge in [0.25, 0.3) is 0 Å². The van der Waals surface area contributed by atoms with Gasteiger partial charge in [0.05, 0.1) is 19.1 Å². The molecule has 10 heteroatoms. The van der Waals surface area contributed by atoms with Crippen molar-refractivity contribution in [1.82, 2.24) is 0 Å². The molecule has 2 aromatic carbocycles. The van der Waals surface area contributed by atoms with Crippen LogP contribution in [0.4, 0.5) is 8.78 Å². The molecule has 0 aromatic heterocycles. The van der Waals surface area contributed by atoms with Gasteiger partial charge in [0, 0.05) is 6.08 Å². The van der Waals surface area contributed by atoms with Crippen molar-refractivity contribution in [3.8, 4) is 17.2 Å². The number of hydrogen-bond donors (Lipinski definition) is 0. The summed E-state index contributed by atoms with van der Waals surface area (Å²) in [5, 5.41) is 0. The van der Waals surface area contributed by atoms with Gasteiger partial charge in [-0.3, -0.25) is 0 Å². The number of allylic oxidation sites excluding steroid dienone is 1. The van der Waals surface area contributed by atoms with Crippen molar-refractivity contribution in [2.75, 3.05) is 14.2 Å². The Labute approximate surface area is 184 Å². The second-order valence-electron chi connectivity index (χ2n) is 6.65. The SMILES string of the molecule is COC(=O)/C=C/c1ccc(OS(=O)(=O)C2=Cc3ccc(OC(F)F)cc3CC2)c(OC)c1. The molecule has 0 saturated carbocycles. The van der Waals surface area contributed by atoms with Crippen molar-refractivity contribution in [2.45, 2.75) is 19.5 Å². The molecule has 170 valence electrons. The Balaban J connectivity index is 1.82. The van der Waals surface area contributed by atoms with E-state index in [1.807, 2.05) is 0 Å². The molecule has 0 spiro atoms. The van der Waals surface area contributed by atoms with Crippen LogP contribution in [0.1, 0.15) is 23.1 Å². The van der Waals surface area contributed by atoms with Crippen LogP contribution in [0.2, 0.25) is 0 Å². The van der Waals surface area contributed by atoms with Crippen LogP contribution in [0, 0.1) is 0 Å². The summed E-state index contributed by atoms with van der Waals surface area (Å²) >= 11 is 0. The van der Waals surface area contributed by atoms with Gasteiger partial charge >= 0.3 is 22.7 Å². The minimum atomic E-state index is -4.15. The molecule has 1 aliphatic rings. The quantitative estimate of drug-likeness (QED) is 0.328. The van der Waals surface area contributed by atoms with Crippen molar-refractivity contribution >= 4 is 28.2 Å². The number of ether oxygens (including phenoxy) is 3. The van der Waals surface area contributed by atoms with Gasteiger partial charge in [-0.15, -0.1) is 0 Å². The zero-order chi connectivity index (χ0) is 23.3. The highest BCUT2D eigenvalue weighted by atomic mass is 32.2. The average molecular weight is 466 g/mol. The van der Waals surface area contributed by atoms with E-state index in [4.69, 9.17) is 8.92 Å². The van der Waals surface area contributed by atoms with Crippen LogP contribution in [0.5, 0.6) is 17.2 Å². The topological polar surface area (TPSA) is 88.1 Å². The molecule has 7 nitrogen and oxygen atoms in total. The largest absolute Gasteiger partial charge is 0.493 e. The summed E-state index contributed by atoms with van der Waals surface area (Å²) in [6.07, 6.45) is 4.60. The van der Waals surface area contributed by atoms with Gasteiger partial charge in [-0.1, -0.05) is 12.1 Å². The number of rotatable bonds is 8. The fourth-order valence-corrected chi connectivity index (χ4v) is 4.18. The molecule has 0 amide bonds. The highest BCUT2D eigenvalue weighted by Crippen LogP contribution is 2.34. The van der Waals surface area contributed by atoms with Crippen LogP contribution in [-0.2, 0) is 26.1 Å². The van der Waals surface area contributed by atoms with Crippen molar-refractivity contribution in [3.05, 3.63) is 64.1 Å². The fraction of sp³-hybridized carbons (Fsp3) is 0.227. The Morgan fingerprint density at radius 2 is 1.84 bits per heavy atom. The Bertz CT molecular complexity index is 1170. The van der Waals surface area contributed by atoms with Gasteiger partial charge < -0.3 is 18.4 Å². The molecule has 0 aliphatic heterocycles. The number of alkyl halides is 2. The highest BCUT2D eigenvalue weighted by molar-refractivity contribution is 7.91. The van der Waals surface area contributed by atoms with E-state index in [0.29, 0.717) is 23.1 Å². The predicted octanol–water partition coefficient (Wildman–Crippen LogP) is 4.18. The van der Waals surface area contributed by atoms with Crippen molar-refractivity contribution in [3.63, 3.8) is 0 Å². The van der Waals surface area contributed by atoms with Crippen molar-refractivity contribution in [1.29, 1.82) is 0 Å². The molecule has 0 N–H and O–H groups in total. The van der Waals surface area contributed by atoms with Gasteiger partial charge in [0.1, 0.15) is 5.75 Å². The van der Waals surface area contributed by atoms with E-state index in [2.05, 4.69) is 9.47 Å². The number of benzene rings is 2. The minimum absolute atomic E-state index is 0.0146. The van der Waals surface area contributed by atoms with Crippen LogP contribution in [0.3, 0.4) is 0 Å². The van der Waals surface area contributed by atoms with E-state index in [-0.39, 0.29) is 28.6 Å². The van der Waals surface area contributed by atoms with Crippen molar-refractivity contribution < 1.29 is 40.4 Å². The number of hydrogen-bond acceptors (Lipinski definition) is 7.